The van der Waals surface area contributed by atoms with E-state index in [1.807, 2.05) is 0 Å². The van der Waals surface area contributed by atoms with E-state index in [4.69, 9.17) is 0 Å². The Kier molecular flexibility index (Phi) is 3.20. The summed E-state index contributed by atoms with van der Waals surface area (Å²) in [5.41, 5.74) is 3.72. The van der Waals surface area contributed by atoms with Crippen molar-refractivity contribution in [3.8, 4) is 5.69 Å². The molecule has 0 bridgehead atoms. The van der Waals surface area contributed by atoms with Crippen LogP contribution in [0.5, 0.6) is 0 Å². The molecule has 0 N–H and O–H groups in total. The van der Waals surface area contributed by atoms with E-state index in [2.05, 4.69) is 118 Å². The lowest BCUT2D eigenvalue weighted by Crippen LogP contribution is -1.94. The van der Waals surface area contributed by atoms with Gasteiger partial charge < -0.3 is 4.57 Å². The average Bonchev–Trinajstić information content (AvgIpc) is 3.13. The lowest BCUT2D eigenvalue weighted by Gasteiger charge is -2.15. The van der Waals surface area contributed by atoms with Crippen LogP contribution in [-0.2, 0) is 0 Å². The number of fused-ring (bicyclic) bond motifs is 4. The SMILES string of the molecule is Brc1ccc2ccc3cc4c5ccccc5n(-c5ccccc5)c4c4ccc1c2c34. The Bertz CT molecular complexity index is 1740. The molecule has 1 aromatic heterocycles. The zero-order valence-corrected chi connectivity index (χ0v) is 17.6. The largest absolute Gasteiger partial charge is 0.309 e. The third-order valence-electron chi connectivity index (χ3n) is 6.37. The Morgan fingerprint density at radius 3 is 2.13 bits per heavy atom. The highest BCUT2D eigenvalue weighted by Gasteiger charge is 2.18. The standard InChI is InChI=1S/C28H16BrN/c29-24-15-12-17-10-11-18-16-23-20-8-4-5-9-25(20)30(19-6-2-1-3-7-19)28(23)22-14-13-21(24)26(17)27(18)22/h1-16H. The minimum absolute atomic E-state index is 1.15. The molecular formula is C28H16BrN. The fourth-order valence-electron chi connectivity index (χ4n) is 5.13. The topological polar surface area (TPSA) is 4.93 Å². The summed E-state index contributed by atoms with van der Waals surface area (Å²) in [4.78, 5) is 0. The lowest BCUT2D eigenvalue weighted by molar-refractivity contribution is 1.19. The first kappa shape index (κ1) is 16.4. The Morgan fingerprint density at radius 2 is 1.23 bits per heavy atom. The maximum absolute atomic E-state index is 3.77. The van der Waals surface area contributed by atoms with Crippen molar-refractivity contribution in [3.63, 3.8) is 0 Å². The minimum Gasteiger partial charge on any atom is -0.309 e. The molecule has 7 rings (SSSR count). The summed E-state index contributed by atoms with van der Waals surface area (Å²) >= 11 is 3.77. The molecule has 0 spiro atoms. The normalized spacial score (nSPS) is 12.2. The maximum Gasteiger partial charge on any atom is 0.0620 e. The lowest BCUT2D eigenvalue weighted by atomic mass is 9.92. The second-order valence-corrected chi connectivity index (χ2v) is 8.79. The first-order valence-corrected chi connectivity index (χ1v) is 11.0. The molecule has 7 aromatic rings. The highest BCUT2D eigenvalue weighted by molar-refractivity contribution is 9.10. The highest BCUT2D eigenvalue weighted by atomic mass is 79.9. The number of halogens is 1. The molecule has 0 atom stereocenters. The summed E-state index contributed by atoms with van der Waals surface area (Å²) in [6, 6.07) is 35.3. The molecule has 0 radical (unpaired) electrons. The minimum atomic E-state index is 1.15. The van der Waals surface area contributed by atoms with Crippen LogP contribution in [0.15, 0.2) is 102 Å². The summed E-state index contributed by atoms with van der Waals surface area (Å²) in [6.07, 6.45) is 0. The molecule has 0 unspecified atom stereocenters. The Balaban J connectivity index is 1.82. The average molecular weight is 446 g/mol. The maximum atomic E-state index is 3.77. The zero-order chi connectivity index (χ0) is 19.8. The summed E-state index contributed by atoms with van der Waals surface area (Å²) in [6.45, 7) is 0. The molecule has 0 saturated carbocycles. The number of rotatable bonds is 1. The van der Waals surface area contributed by atoms with Crippen molar-refractivity contribution in [3.05, 3.63) is 102 Å². The Hall–Kier alpha value is -3.36. The quantitative estimate of drug-likeness (QED) is 0.223. The fraction of sp³-hybridized carbons (Fsp3) is 0. The molecule has 1 heterocycles. The molecule has 140 valence electrons. The molecule has 6 aromatic carbocycles. The third kappa shape index (κ3) is 2.02. The molecule has 0 aliphatic rings. The van der Waals surface area contributed by atoms with E-state index < -0.39 is 0 Å². The van der Waals surface area contributed by atoms with E-state index in [9.17, 15) is 0 Å². The monoisotopic (exact) mass is 445 g/mol. The van der Waals surface area contributed by atoms with Crippen molar-refractivity contribution in [1.82, 2.24) is 4.57 Å². The first-order valence-electron chi connectivity index (χ1n) is 10.2. The van der Waals surface area contributed by atoms with E-state index in [-0.39, 0.29) is 0 Å². The third-order valence-corrected chi connectivity index (χ3v) is 7.07. The van der Waals surface area contributed by atoms with E-state index in [1.165, 1.54) is 59.8 Å². The van der Waals surface area contributed by atoms with Gasteiger partial charge in [0.15, 0.2) is 0 Å². The molecule has 0 fully saturated rings. The van der Waals surface area contributed by atoms with Gasteiger partial charge in [-0.05, 0) is 57.3 Å². The van der Waals surface area contributed by atoms with Gasteiger partial charge in [-0.2, -0.15) is 0 Å². The molecule has 0 saturated heterocycles. The van der Waals surface area contributed by atoms with Crippen molar-refractivity contribution < 1.29 is 0 Å². The number of hydrogen-bond donors (Lipinski definition) is 0. The van der Waals surface area contributed by atoms with Crippen molar-refractivity contribution >= 4 is 70.1 Å². The van der Waals surface area contributed by atoms with Gasteiger partial charge in [0.25, 0.3) is 0 Å². The first-order chi connectivity index (χ1) is 14.8. The second-order valence-electron chi connectivity index (χ2n) is 7.93. The molecule has 30 heavy (non-hydrogen) atoms. The molecule has 0 aliphatic heterocycles. The molecule has 1 nitrogen and oxygen atoms in total. The van der Waals surface area contributed by atoms with Gasteiger partial charge in [0.2, 0.25) is 0 Å². The van der Waals surface area contributed by atoms with Gasteiger partial charge in [0, 0.05) is 26.3 Å². The summed E-state index contributed by atoms with van der Waals surface area (Å²) in [7, 11) is 0. The highest BCUT2D eigenvalue weighted by Crippen LogP contribution is 2.43. The predicted octanol–water partition coefficient (Wildman–Crippen LogP) is 8.44. The van der Waals surface area contributed by atoms with Gasteiger partial charge >= 0.3 is 0 Å². The van der Waals surface area contributed by atoms with Crippen LogP contribution in [0.4, 0.5) is 0 Å². The van der Waals surface area contributed by atoms with Crippen molar-refractivity contribution in [2.45, 2.75) is 0 Å². The number of nitrogens with zero attached hydrogens (tertiary/aromatic N) is 1. The number of para-hydroxylation sites is 2. The smallest absolute Gasteiger partial charge is 0.0620 e. The van der Waals surface area contributed by atoms with Crippen LogP contribution in [-0.4, -0.2) is 4.57 Å². The van der Waals surface area contributed by atoms with E-state index in [0.29, 0.717) is 0 Å². The van der Waals surface area contributed by atoms with Gasteiger partial charge in [0.05, 0.1) is 11.0 Å². The van der Waals surface area contributed by atoms with Gasteiger partial charge in [0.1, 0.15) is 0 Å². The fourth-order valence-corrected chi connectivity index (χ4v) is 5.60. The summed E-state index contributed by atoms with van der Waals surface area (Å²) in [5, 5.41) is 10.4. The van der Waals surface area contributed by atoms with Crippen LogP contribution in [0.1, 0.15) is 0 Å². The Labute approximate surface area is 181 Å². The van der Waals surface area contributed by atoms with Gasteiger partial charge in [-0.25, -0.2) is 0 Å². The number of aromatic nitrogens is 1. The number of benzene rings is 6. The van der Waals surface area contributed by atoms with Crippen LogP contribution < -0.4 is 0 Å². The second kappa shape index (κ2) is 5.84. The zero-order valence-electron chi connectivity index (χ0n) is 16.1. The van der Waals surface area contributed by atoms with Crippen LogP contribution >= 0.6 is 15.9 Å². The molecule has 2 heteroatoms. The van der Waals surface area contributed by atoms with Gasteiger partial charge in [-0.3, -0.25) is 0 Å². The van der Waals surface area contributed by atoms with E-state index >= 15 is 0 Å². The summed E-state index contributed by atoms with van der Waals surface area (Å²) < 4.78 is 3.57. The van der Waals surface area contributed by atoms with E-state index in [1.54, 1.807) is 0 Å². The predicted molar refractivity (Wildman–Crippen MR) is 132 cm³/mol. The van der Waals surface area contributed by atoms with Crippen LogP contribution in [0.3, 0.4) is 0 Å². The van der Waals surface area contributed by atoms with Gasteiger partial charge in [-0.1, -0.05) is 82.7 Å². The Morgan fingerprint density at radius 1 is 0.533 bits per heavy atom. The van der Waals surface area contributed by atoms with Crippen LogP contribution in [0, 0.1) is 0 Å². The van der Waals surface area contributed by atoms with Crippen LogP contribution in [0.25, 0.3) is 59.8 Å². The van der Waals surface area contributed by atoms with Crippen molar-refractivity contribution in [2.24, 2.45) is 0 Å². The van der Waals surface area contributed by atoms with Crippen LogP contribution in [0.2, 0.25) is 0 Å². The number of hydrogen-bond acceptors (Lipinski definition) is 0. The molecule has 0 aliphatic carbocycles. The van der Waals surface area contributed by atoms with Crippen molar-refractivity contribution in [2.75, 3.05) is 0 Å². The summed E-state index contributed by atoms with van der Waals surface area (Å²) in [5.74, 6) is 0. The molecular weight excluding hydrogens is 430 g/mol. The molecule has 0 amide bonds. The van der Waals surface area contributed by atoms with Crippen molar-refractivity contribution in [1.29, 1.82) is 0 Å². The van der Waals surface area contributed by atoms with E-state index in [0.717, 1.165) is 4.47 Å². The van der Waals surface area contributed by atoms with Gasteiger partial charge in [-0.15, -0.1) is 0 Å².